The average molecular weight is 243 g/mol. The van der Waals surface area contributed by atoms with E-state index >= 15 is 0 Å². The Hall–Kier alpha value is -0.960. The fourth-order valence-corrected chi connectivity index (χ4v) is 1.03. The van der Waals surface area contributed by atoms with Gasteiger partial charge in [0.2, 0.25) is 0 Å². The zero-order valence-corrected chi connectivity index (χ0v) is 8.97. The molecule has 2 nitrogen and oxygen atoms in total. The normalized spacial score (nSPS) is 9.69. The van der Waals surface area contributed by atoms with Crippen molar-refractivity contribution in [1.82, 2.24) is 0 Å². The van der Waals surface area contributed by atoms with Crippen LogP contribution in [0, 0.1) is 6.92 Å². The molecular weight excluding hydrogens is 232 g/mol. The van der Waals surface area contributed by atoms with Gasteiger partial charge in [-0.1, -0.05) is 28.6 Å². The van der Waals surface area contributed by atoms with Crippen LogP contribution < -0.4 is 4.74 Å². The fraction of sp³-hybridized carbons (Fsp3) is 0.200. The Morgan fingerprint density at radius 1 is 1.62 bits per heavy atom. The van der Waals surface area contributed by atoms with Gasteiger partial charge in [0, 0.05) is 10.0 Å². The molecule has 3 heteroatoms. The lowest BCUT2D eigenvalue weighted by Crippen LogP contribution is -1.97. The first-order valence-corrected chi connectivity index (χ1v) is 4.65. The molecule has 0 aliphatic rings. The van der Waals surface area contributed by atoms with E-state index in [9.17, 15) is 5.11 Å². The molecule has 0 aromatic heterocycles. The Balaban J connectivity index is 2.77. The van der Waals surface area contributed by atoms with Crippen LogP contribution in [0.5, 0.6) is 11.5 Å². The van der Waals surface area contributed by atoms with Gasteiger partial charge in [-0.3, -0.25) is 0 Å². The van der Waals surface area contributed by atoms with Crippen molar-refractivity contribution in [2.75, 3.05) is 6.61 Å². The molecule has 0 bridgehead atoms. The molecule has 1 aromatic carbocycles. The van der Waals surface area contributed by atoms with Gasteiger partial charge in [-0.05, 0) is 19.1 Å². The van der Waals surface area contributed by atoms with Crippen molar-refractivity contribution in [3.8, 4) is 11.5 Å². The molecule has 0 heterocycles. The van der Waals surface area contributed by atoms with Crippen LogP contribution in [0.25, 0.3) is 0 Å². The lowest BCUT2D eigenvalue weighted by molar-refractivity contribution is 0.354. The molecule has 1 aromatic rings. The predicted molar refractivity (Wildman–Crippen MR) is 56.4 cm³/mol. The smallest absolute Gasteiger partial charge is 0.126 e. The van der Waals surface area contributed by atoms with Crippen molar-refractivity contribution in [2.24, 2.45) is 0 Å². The Morgan fingerprint density at radius 2 is 2.31 bits per heavy atom. The van der Waals surface area contributed by atoms with E-state index in [-0.39, 0.29) is 5.75 Å². The second kappa shape index (κ2) is 4.33. The second-order valence-electron chi connectivity index (χ2n) is 2.71. The standard InChI is InChI=1S/C10H11BrO2/c1-7(11)6-13-10-5-3-4-9(12)8(10)2/h3-5,12H,1,6H2,2H3. The van der Waals surface area contributed by atoms with E-state index in [0.717, 1.165) is 10.0 Å². The van der Waals surface area contributed by atoms with E-state index in [1.807, 2.05) is 13.0 Å². The minimum atomic E-state index is 0.248. The Kier molecular flexibility index (Phi) is 3.37. The van der Waals surface area contributed by atoms with E-state index in [0.29, 0.717) is 12.4 Å². The molecule has 70 valence electrons. The van der Waals surface area contributed by atoms with E-state index in [1.54, 1.807) is 12.1 Å². The maximum absolute atomic E-state index is 9.35. The van der Waals surface area contributed by atoms with Gasteiger partial charge in [-0.2, -0.15) is 0 Å². The van der Waals surface area contributed by atoms with Crippen molar-refractivity contribution in [2.45, 2.75) is 6.92 Å². The third-order valence-corrected chi connectivity index (χ3v) is 1.87. The summed E-state index contributed by atoms with van der Waals surface area (Å²) in [6.07, 6.45) is 0. The van der Waals surface area contributed by atoms with Crippen LogP contribution in [0.2, 0.25) is 0 Å². The minimum Gasteiger partial charge on any atom is -0.508 e. The maximum Gasteiger partial charge on any atom is 0.126 e. The van der Waals surface area contributed by atoms with Crippen molar-refractivity contribution in [3.63, 3.8) is 0 Å². The molecule has 0 fully saturated rings. The molecule has 0 spiro atoms. The average Bonchev–Trinajstić information content (AvgIpc) is 2.07. The van der Waals surface area contributed by atoms with Gasteiger partial charge in [-0.25, -0.2) is 0 Å². The number of hydrogen-bond acceptors (Lipinski definition) is 2. The van der Waals surface area contributed by atoms with Crippen LogP contribution in [0.4, 0.5) is 0 Å². The lowest BCUT2D eigenvalue weighted by atomic mass is 10.2. The predicted octanol–water partition coefficient (Wildman–Crippen LogP) is 2.99. The van der Waals surface area contributed by atoms with Crippen molar-refractivity contribution in [1.29, 1.82) is 0 Å². The Morgan fingerprint density at radius 3 is 2.92 bits per heavy atom. The topological polar surface area (TPSA) is 29.5 Å². The SMILES string of the molecule is C=C(Br)COc1cccc(O)c1C. The summed E-state index contributed by atoms with van der Waals surface area (Å²) in [5, 5.41) is 9.35. The van der Waals surface area contributed by atoms with Gasteiger partial charge in [0.05, 0.1) is 0 Å². The number of rotatable bonds is 3. The fourth-order valence-electron chi connectivity index (χ4n) is 0.915. The zero-order chi connectivity index (χ0) is 9.84. The van der Waals surface area contributed by atoms with Gasteiger partial charge in [0.1, 0.15) is 18.1 Å². The van der Waals surface area contributed by atoms with Gasteiger partial charge in [-0.15, -0.1) is 0 Å². The largest absolute Gasteiger partial charge is 0.508 e. The molecule has 0 atom stereocenters. The van der Waals surface area contributed by atoms with Crippen LogP contribution in [-0.2, 0) is 0 Å². The summed E-state index contributed by atoms with van der Waals surface area (Å²) in [6.45, 7) is 5.87. The quantitative estimate of drug-likeness (QED) is 0.884. The van der Waals surface area contributed by atoms with E-state index in [2.05, 4.69) is 22.5 Å². The Bertz CT molecular complexity index is 321. The minimum absolute atomic E-state index is 0.248. The van der Waals surface area contributed by atoms with E-state index in [1.165, 1.54) is 0 Å². The molecule has 0 unspecified atom stereocenters. The molecule has 1 rings (SSSR count). The van der Waals surface area contributed by atoms with E-state index < -0.39 is 0 Å². The van der Waals surface area contributed by atoms with Crippen LogP contribution in [0.1, 0.15) is 5.56 Å². The highest BCUT2D eigenvalue weighted by molar-refractivity contribution is 9.11. The highest BCUT2D eigenvalue weighted by atomic mass is 79.9. The second-order valence-corrected chi connectivity index (χ2v) is 3.83. The third kappa shape index (κ3) is 2.77. The van der Waals surface area contributed by atoms with Crippen LogP contribution in [0.3, 0.4) is 0 Å². The number of ether oxygens (including phenoxy) is 1. The molecular formula is C10H11BrO2. The molecule has 0 saturated carbocycles. The first-order chi connectivity index (χ1) is 6.11. The summed E-state index contributed by atoms with van der Waals surface area (Å²) in [6, 6.07) is 5.19. The number of hydrogen-bond donors (Lipinski definition) is 1. The highest BCUT2D eigenvalue weighted by Crippen LogP contribution is 2.26. The van der Waals surface area contributed by atoms with Gasteiger partial charge < -0.3 is 9.84 Å². The molecule has 0 aliphatic carbocycles. The van der Waals surface area contributed by atoms with Crippen molar-refractivity contribution < 1.29 is 9.84 Å². The number of phenols is 1. The molecule has 0 aliphatic heterocycles. The monoisotopic (exact) mass is 242 g/mol. The molecule has 0 radical (unpaired) electrons. The van der Waals surface area contributed by atoms with Crippen LogP contribution >= 0.6 is 15.9 Å². The summed E-state index contributed by atoms with van der Waals surface area (Å²) < 4.78 is 6.15. The number of aromatic hydroxyl groups is 1. The summed E-state index contributed by atoms with van der Waals surface area (Å²) in [7, 11) is 0. The number of halogens is 1. The number of phenolic OH excluding ortho intramolecular Hbond substituents is 1. The molecule has 0 saturated heterocycles. The van der Waals surface area contributed by atoms with Crippen LogP contribution in [-0.4, -0.2) is 11.7 Å². The van der Waals surface area contributed by atoms with Crippen LogP contribution in [0.15, 0.2) is 29.3 Å². The van der Waals surface area contributed by atoms with Gasteiger partial charge in [0.15, 0.2) is 0 Å². The zero-order valence-electron chi connectivity index (χ0n) is 7.38. The van der Waals surface area contributed by atoms with E-state index in [4.69, 9.17) is 4.74 Å². The first-order valence-electron chi connectivity index (χ1n) is 3.86. The molecule has 13 heavy (non-hydrogen) atoms. The maximum atomic E-state index is 9.35. The molecule has 0 amide bonds. The summed E-state index contributed by atoms with van der Waals surface area (Å²) in [5.74, 6) is 0.929. The van der Waals surface area contributed by atoms with Gasteiger partial charge >= 0.3 is 0 Å². The van der Waals surface area contributed by atoms with Crippen molar-refractivity contribution in [3.05, 3.63) is 34.8 Å². The van der Waals surface area contributed by atoms with Gasteiger partial charge in [0.25, 0.3) is 0 Å². The first kappa shape index (κ1) is 10.1. The summed E-state index contributed by atoms with van der Waals surface area (Å²) >= 11 is 3.19. The lowest BCUT2D eigenvalue weighted by Gasteiger charge is -2.08. The molecule has 1 N–H and O–H groups in total. The Labute approximate surface area is 86.0 Å². The van der Waals surface area contributed by atoms with Crippen molar-refractivity contribution >= 4 is 15.9 Å². The summed E-state index contributed by atoms with van der Waals surface area (Å²) in [5.41, 5.74) is 0.747. The third-order valence-electron chi connectivity index (χ3n) is 1.64. The summed E-state index contributed by atoms with van der Waals surface area (Å²) in [4.78, 5) is 0. The number of benzene rings is 1. The highest BCUT2D eigenvalue weighted by Gasteiger charge is 2.02.